The first kappa shape index (κ1) is 16.4. The van der Waals surface area contributed by atoms with E-state index < -0.39 is 10.0 Å². The molecule has 124 valence electrons. The zero-order chi connectivity index (χ0) is 17.0. The number of sulfonamides is 1. The molecule has 1 aromatic heterocycles. The SMILES string of the molecule is O=c1c2ccccc2ncn1CCS(=O)(=O)NCc1ccccc1. The van der Waals surface area contributed by atoms with Crippen molar-refractivity contribution < 1.29 is 8.42 Å². The van der Waals surface area contributed by atoms with E-state index in [0.29, 0.717) is 10.9 Å². The third-order valence-corrected chi connectivity index (χ3v) is 4.98. The van der Waals surface area contributed by atoms with Gasteiger partial charge in [0.05, 0.1) is 23.0 Å². The minimum Gasteiger partial charge on any atom is -0.298 e. The summed E-state index contributed by atoms with van der Waals surface area (Å²) in [6, 6.07) is 16.3. The predicted molar refractivity (Wildman–Crippen MR) is 93.1 cm³/mol. The van der Waals surface area contributed by atoms with E-state index in [0.717, 1.165) is 5.56 Å². The number of rotatable bonds is 6. The van der Waals surface area contributed by atoms with Crippen LogP contribution in [0.4, 0.5) is 0 Å². The summed E-state index contributed by atoms with van der Waals surface area (Å²) in [6.45, 7) is 0.287. The lowest BCUT2D eigenvalue weighted by Crippen LogP contribution is -2.31. The van der Waals surface area contributed by atoms with Gasteiger partial charge in [-0.1, -0.05) is 42.5 Å². The molecular weight excluding hydrogens is 326 g/mol. The van der Waals surface area contributed by atoms with Crippen molar-refractivity contribution in [2.24, 2.45) is 0 Å². The third-order valence-electron chi connectivity index (χ3n) is 3.67. The second-order valence-electron chi connectivity index (χ2n) is 5.39. The molecule has 0 fully saturated rings. The van der Waals surface area contributed by atoms with Gasteiger partial charge in [-0.05, 0) is 17.7 Å². The molecule has 3 rings (SSSR count). The van der Waals surface area contributed by atoms with Crippen LogP contribution in [0.1, 0.15) is 5.56 Å². The maximum atomic E-state index is 12.3. The Morgan fingerprint density at radius 2 is 1.71 bits per heavy atom. The molecule has 6 nitrogen and oxygen atoms in total. The molecule has 24 heavy (non-hydrogen) atoms. The Bertz CT molecular complexity index is 998. The fourth-order valence-electron chi connectivity index (χ4n) is 2.35. The summed E-state index contributed by atoms with van der Waals surface area (Å²) in [5.74, 6) is -0.181. The lowest BCUT2D eigenvalue weighted by atomic mass is 10.2. The van der Waals surface area contributed by atoms with Gasteiger partial charge in [0, 0.05) is 13.1 Å². The van der Waals surface area contributed by atoms with Gasteiger partial charge >= 0.3 is 0 Å². The summed E-state index contributed by atoms with van der Waals surface area (Å²) in [5, 5.41) is 0.481. The quantitative estimate of drug-likeness (QED) is 0.736. The van der Waals surface area contributed by atoms with Crippen molar-refractivity contribution in [2.45, 2.75) is 13.1 Å². The molecule has 0 aliphatic heterocycles. The van der Waals surface area contributed by atoms with Crippen LogP contribution in [-0.4, -0.2) is 23.7 Å². The lowest BCUT2D eigenvalue weighted by Gasteiger charge is -2.09. The third kappa shape index (κ3) is 3.87. The Kier molecular flexibility index (Phi) is 4.73. The first-order valence-corrected chi connectivity index (χ1v) is 9.16. The lowest BCUT2D eigenvalue weighted by molar-refractivity contribution is 0.572. The van der Waals surface area contributed by atoms with Gasteiger partial charge in [0.1, 0.15) is 0 Å². The highest BCUT2D eigenvalue weighted by Gasteiger charge is 2.11. The Hall–Kier alpha value is -2.51. The summed E-state index contributed by atoms with van der Waals surface area (Å²) in [5.41, 5.74) is 1.24. The maximum absolute atomic E-state index is 12.3. The minimum absolute atomic E-state index is 0.0563. The van der Waals surface area contributed by atoms with Crippen LogP contribution < -0.4 is 10.3 Å². The van der Waals surface area contributed by atoms with Crippen LogP contribution in [0, 0.1) is 0 Å². The molecule has 0 amide bonds. The largest absolute Gasteiger partial charge is 0.298 e. The number of nitrogens with zero attached hydrogens (tertiary/aromatic N) is 2. The van der Waals surface area contributed by atoms with Crippen molar-refractivity contribution in [2.75, 3.05) is 5.75 Å². The first-order valence-electron chi connectivity index (χ1n) is 7.51. The van der Waals surface area contributed by atoms with E-state index in [4.69, 9.17) is 0 Å². The zero-order valence-corrected chi connectivity index (χ0v) is 13.7. The van der Waals surface area contributed by atoms with Gasteiger partial charge in [-0.25, -0.2) is 18.1 Å². The summed E-state index contributed by atoms with van der Waals surface area (Å²) in [7, 11) is -3.49. The van der Waals surface area contributed by atoms with Crippen molar-refractivity contribution in [3.05, 3.63) is 76.8 Å². The molecule has 0 atom stereocenters. The number of nitrogens with one attached hydrogen (secondary N) is 1. The number of hydrogen-bond donors (Lipinski definition) is 1. The second-order valence-corrected chi connectivity index (χ2v) is 7.31. The monoisotopic (exact) mass is 343 g/mol. The number of hydrogen-bond acceptors (Lipinski definition) is 4. The molecule has 2 aromatic carbocycles. The van der Waals surface area contributed by atoms with E-state index in [1.807, 2.05) is 30.3 Å². The Balaban J connectivity index is 1.68. The van der Waals surface area contributed by atoms with Crippen molar-refractivity contribution in [1.82, 2.24) is 14.3 Å². The van der Waals surface area contributed by atoms with Crippen LogP contribution >= 0.6 is 0 Å². The van der Waals surface area contributed by atoms with E-state index in [1.165, 1.54) is 10.9 Å². The summed E-state index contributed by atoms with van der Waals surface area (Å²) >= 11 is 0. The van der Waals surface area contributed by atoms with Gasteiger partial charge in [-0.2, -0.15) is 0 Å². The first-order chi connectivity index (χ1) is 11.6. The van der Waals surface area contributed by atoms with E-state index in [1.54, 1.807) is 24.3 Å². The number of fused-ring (bicyclic) bond motifs is 1. The van der Waals surface area contributed by atoms with Crippen LogP contribution in [0.25, 0.3) is 10.9 Å². The molecule has 0 aliphatic rings. The average Bonchev–Trinajstić information content (AvgIpc) is 2.61. The smallest absolute Gasteiger partial charge is 0.261 e. The van der Waals surface area contributed by atoms with Crippen molar-refractivity contribution in [1.29, 1.82) is 0 Å². The maximum Gasteiger partial charge on any atom is 0.261 e. The summed E-state index contributed by atoms with van der Waals surface area (Å²) in [4.78, 5) is 16.5. The Morgan fingerprint density at radius 1 is 1.00 bits per heavy atom. The molecule has 0 spiro atoms. The molecule has 3 aromatic rings. The minimum atomic E-state index is -3.49. The topological polar surface area (TPSA) is 81.1 Å². The highest BCUT2D eigenvalue weighted by molar-refractivity contribution is 7.89. The number of aryl methyl sites for hydroxylation is 1. The van der Waals surface area contributed by atoms with Crippen LogP contribution in [0.2, 0.25) is 0 Å². The van der Waals surface area contributed by atoms with Crippen molar-refractivity contribution in [3.8, 4) is 0 Å². The standard InChI is InChI=1S/C17H17N3O3S/c21-17-15-8-4-5-9-16(15)18-13-20(17)10-11-24(22,23)19-12-14-6-2-1-3-7-14/h1-9,13,19H,10-12H2. The summed E-state index contributed by atoms with van der Waals surface area (Å²) < 4.78 is 28.1. The molecule has 1 heterocycles. The van der Waals surface area contributed by atoms with Crippen LogP contribution in [0.3, 0.4) is 0 Å². The molecule has 0 aliphatic carbocycles. The van der Waals surface area contributed by atoms with E-state index in [2.05, 4.69) is 9.71 Å². The van der Waals surface area contributed by atoms with Gasteiger partial charge in [-0.3, -0.25) is 9.36 Å². The van der Waals surface area contributed by atoms with Crippen molar-refractivity contribution in [3.63, 3.8) is 0 Å². The molecule has 7 heteroatoms. The van der Waals surface area contributed by atoms with Gasteiger partial charge < -0.3 is 0 Å². The normalized spacial score (nSPS) is 11.7. The molecule has 0 bridgehead atoms. The van der Waals surface area contributed by atoms with Gasteiger partial charge in [0.25, 0.3) is 5.56 Å². The van der Waals surface area contributed by atoms with Gasteiger partial charge in [0.2, 0.25) is 10.0 Å². The average molecular weight is 343 g/mol. The molecule has 1 N–H and O–H groups in total. The molecular formula is C17H17N3O3S. The van der Waals surface area contributed by atoms with E-state index >= 15 is 0 Å². The van der Waals surface area contributed by atoms with Crippen LogP contribution in [0.5, 0.6) is 0 Å². The number of benzene rings is 2. The molecule has 0 saturated heterocycles. The van der Waals surface area contributed by atoms with Gasteiger partial charge in [-0.15, -0.1) is 0 Å². The van der Waals surface area contributed by atoms with Crippen molar-refractivity contribution >= 4 is 20.9 Å². The fraction of sp³-hybridized carbons (Fsp3) is 0.176. The Morgan fingerprint density at radius 3 is 2.50 bits per heavy atom. The van der Waals surface area contributed by atoms with Crippen LogP contribution in [-0.2, 0) is 23.1 Å². The number of para-hydroxylation sites is 1. The highest BCUT2D eigenvalue weighted by atomic mass is 32.2. The van der Waals surface area contributed by atoms with E-state index in [-0.39, 0.29) is 24.4 Å². The predicted octanol–water partition coefficient (Wildman–Crippen LogP) is 1.52. The molecule has 0 saturated carbocycles. The van der Waals surface area contributed by atoms with Gasteiger partial charge in [0.15, 0.2) is 0 Å². The Labute approximate surface area is 139 Å². The fourth-order valence-corrected chi connectivity index (χ4v) is 3.31. The zero-order valence-electron chi connectivity index (χ0n) is 12.9. The van der Waals surface area contributed by atoms with Crippen LogP contribution in [0.15, 0.2) is 65.7 Å². The second kappa shape index (κ2) is 6.94. The van der Waals surface area contributed by atoms with E-state index in [9.17, 15) is 13.2 Å². The molecule has 0 unspecified atom stereocenters. The molecule has 0 radical (unpaired) electrons. The summed E-state index contributed by atoms with van der Waals surface area (Å²) in [6.07, 6.45) is 1.39. The highest BCUT2D eigenvalue weighted by Crippen LogP contribution is 2.05. The number of aromatic nitrogens is 2.